The summed E-state index contributed by atoms with van der Waals surface area (Å²) in [6.07, 6.45) is 7.08. The van der Waals surface area contributed by atoms with Crippen molar-refractivity contribution in [1.29, 1.82) is 0 Å². The van der Waals surface area contributed by atoms with Crippen molar-refractivity contribution in [3.63, 3.8) is 0 Å². The Hall–Kier alpha value is -0.220. The SMILES string of the molecule is CC1(C)CCCC(c2cc[pH]c2)CC1. The van der Waals surface area contributed by atoms with Crippen molar-refractivity contribution in [1.82, 2.24) is 0 Å². The van der Waals surface area contributed by atoms with Crippen LogP contribution >= 0.6 is 8.19 Å². The molecule has 0 nitrogen and oxygen atoms in total. The molecule has 0 radical (unpaired) electrons. The summed E-state index contributed by atoms with van der Waals surface area (Å²) in [6.45, 7) is 4.85. The molecule has 2 atom stereocenters. The van der Waals surface area contributed by atoms with Crippen molar-refractivity contribution in [3.8, 4) is 0 Å². The van der Waals surface area contributed by atoms with Crippen molar-refractivity contribution in [2.75, 3.05) is 0 Å². The summed E-state index contributed by atoms with van der Waals surface area (Å²) in [6, 6.07) is 2.36. The summed E-state index contributed by atoms with van der Waals surface area (Å²) in [4.78, 5) is 0. The van der Waals surface area contributed by atoms with E-state index in [4.69, 9.17) is 0 Å². The molecule has 2 rings (SSSR count). The molecule has 0 amide bonds. The number of hydrogen-bond acceptors (Lipinski definition) is 0. The summed E-state index contributed by atoms with van der Waals surface area (Å²) < 4.78 is 0. The Kier molecular flexibility index (Phi) is 3.02. The minimum absolute atomic E-state index is 0.597. The van der Waals surface area contributed by atoms with Gasteiger partial charge in [0.1, 0.15) is 0 Å². The molecule has 1 fully saturated rings. The molecule has 0 N–H and O–H groups in total. The van der Waals surface area contributed by atoms with Gasteiger partial charge in [0, 0.05) is 0 Å². The van der Waals surface area contributed by atoms with E-state index < -0.39 is 0 Å². The van der Waals surface area contributed by atoms with E-state index in [0.29, 0.717) is 5.41 Å². The van der Waals surface area contributed by atoms with Crippen LogP contribution in [0.1, 0.15) is 57.4 Å². The molecule has 1 aromatic rings. The van der Waals surface area contributed by atoms with Crippen LogP contribution in [0.15, 0.2) is 17.7 Å². The fourth-order valence-corrected chi connectivity index (χ4v) is 3.49. The van der Waals surface area contributed by atoms with Crippen molar-refractivity contribution in [2.24, 2.45) is 5.41 Å². The van der Waals surface area contributed by atoms with Gasteiger partial charge in [-0.15, -0.1) is 8.19 Å². The first-order chi connectivity index (χ1) is 6.67. The van der Waals surface area contributed by atoms with Gasteiger partial charge in [-0.05, 0) is 54.2 Å². The van der Waals surface area contributed by atoms with Gasteiger partial charge in [0.15, 0.2) is 0 Å². The third-order valence-corrected chi connectivity index (χ3v) is 4.53. The van der Waals surface area contributed by atoms with Gasteiger partial charge in [0.05, 0.1) is 0 Å². The van der Waals surface area contributed by atoms with Gasteiger partial charge in [0.2, 0.25) is 0 Å². The highest BCUT2D eigenvalue weighted by atomic mass is 31.0. The second kappa shape index (κ2) is 4.11. The van der Waals surface area contributed by atoms with E-state index in [1.54, 1.807) is 5.56 Å². The Labute approximate surface area is 89.2 Å². The van der Waals surface area contributed by atoms with Crippen LogP contribution in [-0.2, 0) is 0 Å². The lowest BCUT2D eigenvalue weighted by Crippen LogP contribution is -2.08. The first-order valence-corrected chi connectivity index (χ1v) is 6.96. The Morgan fingerprint density at radius 3 is 2.86 bits per heavy atom. The lowest BCUT2D eigenvalue weighted by atomic mass is 9.84. The van der Waals surface area contributed by atoms with E-state index in [0.717, 1.165) is 14.1 Å². The normalized spacial score (nSPS) is 27.7. The topological polar surface area (TPSA) is 0 Å². The maximum atomic E-state index is 2.45. The van der Waals surface area contributed by atoms with Gasteiger partial charge in [0.25, 0.3) is 0 Å². The minimum atomic E-state index is 0.597. The van der Waals surface area contributed by atoms with E-state index in [1.165, 1.54) is 32.1 Å². The Morgan fingerprint density at radius 2 is 2.14 bits per heavy atom. The van der Waals surface area contributed by atoms with Gasteiger partial charge >= 0.3 is 0 Å². The largest absolute Gasteiger partial charge is 0.140 e. The van der Waals surface area contributed by atoms with Crippen molar-refractivity contribution in [2.45, 2.75) is 51.9 Å². The molecule has 0 aromatic carbocycles. The molecular weight excluding hydrogens is 187 g/mol. The van der Waals surface area contributed by atoms with Crippen molar-refractivity contribution < 1.29 is 0 Å². The monoisotopic (exact) mass is 208 g/mol. The zero-order valence-electron chi connectivity index (χ0n) is 9.34. The van der Waals surface area contributed by atoms with Gasteiger partial charge in [-0.1, -0.05) is 26.3 Å². The van der Waals surface area contributed by atoms with Gasteiger partial charge in [-0.3, -0.25) is 0 Å². The highest BCUT2D eigenvalue weighted by Gasteiger charge is 2.24. The van der Waals surface area contributed by atoms with Crippen LogP contribution in [0.3, 0.4) is 0 Å². The smallest absolute Gasteiger partial charge is 0.0158 e. The second-order valence-electron chi connectivity index (χ2n) is 5.44. The van der Waals surface area contributed by atoms with Gasteiger partial charge < -0.3 is 0 Å². The molecule has 78 valence electrons. The molecule has 14 heavy (non-hydrogen) atoms. The first-order valence-electron chi connectivity index (χ1n) is 5.80. The number of hydrogen-bond donors (Lipinski definition) is 0. The standard InChI is InChI=1S/C13H21P/c1-13(2)7-3-4-11(5-8-13)12-6-9-14-10-12/h6,9-11,14H,3-5,7-8H2,1-2H3. The van der Waals surface area contributed by atoms with Crippen LogP contribution in [0.4, 0.5) is 0 Å². The predicted molar refractivity (Wildman–Crippen MR) is 65.6 cm³/mol. The Morgan fingerprint density at radius 1 is 1.29 bits per heavy atom. The molecule has 1 heteroatoms. The molecule has 1 aliphatic rings. The summed E-state index contributed by atoms with van der Waals surface area (Å²) in [5.41, 5.74) is 2.24. The molecule has 0 spiro atoms. The second-order valence-corrected chi connectivity index (χ2v) is 6.39. The van der Waals surface area contributed by atoms with E-state index in [-0.39, 0.29) is 0 Å². The average Bonchev–Trinajstić information content (AvgIpc) is 2.58. The molecular formula is C13H21P. The molecule has 0 saturated heterocycles. The minimum Gasteiger partial charge on any atom is -0.140 e. The highest BCUT2D eigenvalue weighted by Crippen LogP contribution is 2.40. The molecule has 1 aliphatic carbocycles. The van der Waals surface area contributed by atoms with Crippen LogP contribution in [0, 0.1) is 5.41 Å². The highest BCUT2D eigenvalue weighted by molar-refractivity contribution is 7.28. The summed E-state index contributed by atoms with van der Waals surface area (Å²) in [7, 11) is 0.954. The average molecular weight is 208 g/mol. The van der Waals surface area contributed by atoms with Crippen LogP contribution in [0.25, 0.3) is 0 Å². The maximum absolute atomic E-state index is 2.45. The Balaban J connectivity index is 2.03. The van der Waals surface area contributed by atoms with Gasteiger partial charge in [-0.2, -0.15) is 0 Å². The third kappa shape index (κ3) is 2.42. The molecule has 2 unspecified atom stereocenters. The predicted octanol–water partition coefficient (Wildman–Crippen LogP) is 4.79. The van der Waals surface area contributed by atoms with Crippen LogP contribution in [0.5, 0.6) is 0 Å². The van der Waals surface area contributed by atoms with Gasteiger partial charge in [-0.25, -0.2) is 0 Å². The molecule has 1 aromatic heterocycles. The third-order valence-electron chi connectivity index (χ3n) is 3.67. The zero-order chi connectivity index (χ0) is 10.0. The molecule has 1 saturated carbocycles. The van der Waals surface area contributed by atoms with Crippen LogP contribution in [0.2, 0.25) is 0 Å². The van der Waals surface area contributed by atoms with Crippen LogP contribution in [-0.4, -0.2) is 0 Å². The van der Waals surface area contributed by atoms with E-state index in [1.807, 2.05) is 0 Å². The summed E-state index contributed by atoms with van der Waals surface area (Å²) in [5.74, 6) is 5.65. The van der Waals surface area contributed by atoms with E-state index in [2.05, 4.69) is 31.5 Å². The fourth-order valence-electron chi connectivity index (χ4n) is 2.59. The lowest BCUT2D eigenvalue weighted by molar-refractivity contribution is 0.313. The summed E-state index contributed by atoms with van der Waals surface area (Å²) >= 11 is 0. The summed E-state index contributed by atoms with van der Waals surface area (Å²) in [5, 5.41) is 0. The molecule has 0 bridgehead atoms. The van der Waals surface area contributed by atoms with Crippen LogP contribution < -0.4 is 0 Å². The zero-order valence-corrected chi connectivity index (χ0v) is 10.3. The Bertz CT molecular complexity index is 271. The quantitative estimate of drug-likeness (QED) is 0.582. The van der Waals surface area contributed by atoms with Crippen molar-refractivity contribution >= 4 is 8.19 Å². The maximum Gasteiger partial charge on any atom is -0.0158 e. The molecule has 1 heterocycles. The first kappa shape index (κ1) is 10.3. The van der Waals surface area contributed by atoms with Crippen molar-refractivity contribution in [3.05, 3.63) is 23.2 Å². The van der Waals surface area contributed by atoms with E-state index in [9.17, 15) is 0 Å². The van der Waals surface area contributed by atoms with E-state index >= 15 is 0 Å². The number of rotatable bonds is 1. The lowest BCUT2D eigenvalue weighted by Gasteiger charge is -2.21. The fraction of sp³-hybridized carbons (Fsp3) is 0.692. The molecule has 0 aliphatic heterocycles.